The Bertz CT molecular complexity index is 375. The summed E-state index contributed by atoms with van der Waals surface area (Å²) in [6.07, 6.45) is 5.08. The highest BCUT2D eigenvalue weighted by Crippen LogP contribution is 2.29. The van der Waals surface area contributed by atoms with E-state index in [0.717, 1.165) is 19.5 Å². The normalized spacial score (nSPS) is 23.8. The molecule has 1 fully saturated rings. The lowest BCUT2D eigenvalue weighted by atomic mass is 10.0. The van der Waals surface area contributed by atoms with Crippen molar-refractivity contribution in [2.24, 2.45) is 11.7 Å². The van der Waals surface area contributed by atoms with Crippen molar-refractivity contribution in [2.75, 3.05) is 13.6 Å². The van der Waals surface area contributed by atoms with E-state index in [0.29, 0.717) is 12.0 Å². The van der Waals surface area contributed by atoms with Crippen LogP contribution in [0.25, 0.3) is 0 Å². The maximum atomic E-state index is 5.88. The second kappa shape index (κ2) is 6.35. The minimum atomic E-state index is 0.680. The lowest BCUT2D eigenvalue weighted by Crippen LogP contribution is -2.37. The van der Waals surface area contributed by atoms with Gasteiger partial charge in [0.25, 0.3) is 0 Å². The molecule has 100 valence electrons. The molecule has 2 unspecified atom stereocenters. The summed E-state index contributed by atoms with van der Waals surface area (Å²) >= 11 is 0. The molecule has 1 saturated carbocycles. The van der Waals surface area contributed by atoms with Crippen LogP contribution in [0.2, 0.25) is 0 Å². The van der Waals surface area contributed by atoms with Gasteiger partial charge in [0.1, 0.15) is 0 Å². The molecule has 0 spiro atoms. The Morgan fingerprint density at radius 1 is 1.22 bits per heavy atom. The molecule has 1 aliphatic carbocycles. The number of aryl methyl sites for hydroxylation is 1. The van der Waals surface area contributed by atoms with E-state index in [1.54, 1.807) is 0 Å². The Hall–Kier alpha value is -0.860. The molecule has 0 radical (unpaired) electrons. The molecule has 2 N–H and O–H groups in total. The summed E-state index contributed by atoms with van der Waals surface area (Å²) in [5.41, 5.74) is 8.84. The van der Waals surface area contributed by atoms with Crippen LogP contribution < -0.4 is 5.73 Å². The molecule has 0 amide bonds. The van der Waals surface area contributed by atoms with Gasteiger partial charge >= 0.3 is 0 Å². The van der Waals surface area contributed by atoms with E-state index in [1.165, 1.54) is 30.4 Å². The number of rotatable bonds is 5. The van der Waals surface area contributed by atoms with Crippen LogP contribution in [0, 0.1) is 5.92 Å². The van der Waals surface area contributed by atoms with Gasteiger partial charge in [-0.25, -0.2) is 0 Å². The lowest BCUT2D eigenvalue weighted by molar-refractivity contribution is 0.192. The Morgan fingerprint density at radius 3 is 2.61 bits per heavy atom. The number of nitrogens with zero attached hydrogens (tertiary/aromatic N) is 1. The fraction of sp³-hybridized carbons (Fsp3) is 0.625. The van der Waals surface area contributed by atoms with E-state index in [1.807, 2.05) is 0 Å². The highest BCUT2D eigenvalue weighted by atomic mass is 15.1. The van der Waals surface area contributed by atoms with Crippen molar-refractivity contribution in [3.63, 3.8) is 0 Å². The molecule has 0 aromatic heterocycles. The van der Waals surface area contributed by atoms with Crippen molar-refractivity contribution in [1.29, 1.82) is 0 Å². The van der Waals surface area contributed by atoms with E-state index in [9.17, 15) is 0 Å². The molecule has 1 aliphatic rings. The van der Waals surface area contributed by atoms with Gasteiger partial charge in [0, 0.05) is 12.6 Å². The monoisotopic (exact) mass is 246 g/mol. The standard InChI is InChI=1S/C16H26N2/c1-3-13-7-4-5-8-15(13)12-18(2)16-10-6-9-14(16)11-17/h4-5,7-8,14,16H,3,6,9-12,17H2,1-2H3. The predicted molar refractivity (Wildman–Crippen MR) is 77.5 cm³/mol. The van der Waals surface area contributed by atoms with Crippen LogP contribution in [0.4, 0.5) is 0 Å². The third kappa shape index (κ3) is 2.93. The molecule has 2 atom stereocenters. The van der Waals surface area contributed by atoms with Gasteiger partial charge in [-0.1, -0.05) is 37.6 Å². The Morgan fingerprint density at radius 2 is 1.94 bits per heavy atom. The van der Waals surface area contributed by atoms with Crippen molar-refractivity contribution < 1.29 is 0 Å². The van der Waals surface area contributed by atoms with E-state index in [-0.39, 0.29) is 0 Å². The average Bonchev–Trinajstić information content (AvgIpc) is 2.87. The largest absolute Gasteiger partial charge is 0.330 e. The smallest absolute Gasteiger partial charge is 0.0236 e. The zero-order valence-electron chi connectivity index (χ0n) is 11.7. The maximum absolute atomic E-state index is 5.88. The Balaban J connectivity index is 2.04. The summed E-state index contributed by atoms with van der Waals surface area (Å²) in [6, 6.07) is 9.48. The van der Waals surface area contributed by atoms with Crippen molar-refractivity contribution in [3.8, 4) is 0 Å². The summed E-state index contributed by atoms with van der Waals surface area (Å²) < 4.78 is 0. The Labute approximate surface area is 111 Å². The second-order valence-electron chi connectivity index (χ2n) is 5.53. The van der Waals surface area contributed by atoms with E-state index in [2.05, 4.69) is 43.1 Å². The minimum absolute atomic E-state index is 0.680. The van der Waals surface area contributed by atoms with Crippen LogP contribution >= 0.6 is 0 Å². The van der Waals surface area contributed by atoms with Crippen LogP contribution in [-0.4, -0.2) is 24.5 Å². The zero-order chi connectivity index (χ0) is 13.0. The fourth-order valence-corrected chi connectivity index (χ4v) is 3.32. The first-order chi connectivity index (χ1) is 8.76. The van der Waals surface area contributed by atoms with Gasteiger partial charge < -0.3 is 5.73 Å². The zero-order valence-corrected chi connectivity index (χ0v) is 11.7. The third-order valence-corrected chi connectivity index (χ3v) is 4.41. The summed E-state index contributed by atoms with van der Waals surface area (Å²) in [5.74, 6) is 0.698. The minimum Gasteiger partial charge on any atom is -0.330 e. The van der Waals surface area contributed by atoms with Crippen LogP contribution in [-0.2, 0) is 13.0 Å². The van der Waals surface area contributed by atoms with Crippen molar-refractivity contribution in [3.05, 3.63) is 35.4 Å². The SMILES string of the molecule is CCc1ccccc1CN(C)C1CCCC1CN. The highest BCUT2D eigenvalue weighted by molar-refractivity contribution is 5.27. The summed E-state index contributed by atoms with van der Waals surface area (Å²) in [7, 11) is 2.26. The van der Waals surface area contributed by atoms with Gasteiger partial charge in [-0.05, 0) is 49.9 Å². The molecular weight excluding hydrogens is 220 g/mol. The third-order valence-electron chi connectivity index (χ3n) is 4.41. The molecule has 1 aromatic carbocycles. The summed E-state index contributed by atoms with van der Waals surface area (Å²) in [6.45, 7) is 4.13. The molecule has 0 heterocycles. The predicted octanol–water partition coefficient (Wildman–Crippen LogP) is 2.81. The topological polar surface area (TPSA) is 29.3 Å². The number of nitrogens with two attached hydrogens (primary N) is 1. The molecule has 18 heavy (non-hydrogen) atoms. The fourth-order valence-electron chi connectivity index (χ4n) is 3.32. The van der Waals surface area contributed by atoms with Crippen LogP contribution in [0.1, 0.15) is 37.3 Å². The van der Waals surface area contributed by atoms with E-state index in [4.69, 9.17) is 5.73 Å². The van der Waals surface area contributed by atoms with Gasteiger partial charge in [-0.2, -0.15) is 0 Å². The number of benzene rings is 1. The summed E-state index contributed by atoms with van der Waals surface area (Å²) in [4.78, 5) is 2.51. The van der Waals surface area contributed by atoms with Crippen LogP contribution in [0.15, 0.2) is 24.3 Å². The van der Waals surface area contributed by atoms with E-state index < -0.39 is 0 Å². The Kier molecular flexibility index (Phi) is 4.79. The van der Waals surface area contributed by atoms with Crippen LogP contribution in [0.3, 0.4) is 0 Å². The molecule has 0 bridgehead atoms. The highest BCUT2D eigenvalue weighted by Gasteiger charge is 2.29. The quantitative estimate of drug-likeness (QED) is 0.865. The summed E-state index contributed by atoms with van der Waals surface area (Å²) in [5, 5.41) is 0. The average molecular weight is 246 g/mol. The lowest BCUT2D eigenvalue weighted by Gasteiger charge is -2.29. The number of hydrogen-bond donors (Lipinski definition) is 1. The van der Waals surface area contributed by atoms with Crippen molar-refractivity contribution in [1.82, 2.24) is 4.90 Å². The van der Waals surface area contributed by atoms with Gasteiger partial charge in [0.2, 0.25) is 0 Å². The van der Waals surface area contributed by atoms with E-state index >= 15 is 0 Å². The van der Waals surface area contributed by atoms with Gasteiger partial charge in [-0.15, -0.1) is 0 Å². The van der Waals surface area contributed by atoms with Gasteiger partial charge in [0.05, 0.1) is 0 Å². The molecule has 2 heteroatoms. The van der Waals surface area contributed by atoms with Crippen molar-refractivity contribution in [2.45, 2.75) is 45.2 Å². The first-order valence-electron chi connectivity index (χ1n) is 7.23. The number of hydrogen-bond acceptors (Lipinski definition) is 2. The first-order valence-corrected chi connectivity index (χ1v) is 7.23. The van der Waals surface area contributed by atoms with Crippen LogP contribution in [0.5, 0.6) is 0 Å². The molecule has 2 nitrogen and oxygen atoms in total. The first kappa shape index (κ1) is 13.6. The van der Waals surface area contributed by atoms with Gasteiger partial charge in [-0.3, -0.25) is 4.90 Å². The molecular formula is C16H26N2. The molecule has 2 rings (SSSR count). The van der Waals surface area contributed by atoms with Gasteiger partial charge in [0.15, 0.2) is 0 Å². The second-order valence-corrected chi connectivity index (χ2v) is 5.53. The van der Waals surface area contributed by atoms with Crippen molar-refractivity contribution >= 4 is 0 Å². The molecule has 0 saturated heterocycles. The maximum Gasteiger partial charge on any atom is 0.0236 e. The molecule has 1 aromatic rings. The molecule has 0 aliphatic heterocycles.